The third kappa shape index (κ3) is 2.81. The summed E-state index contributed by atoms with van der Waals surface area (Å²) in [6.07, 6.45) is 0. The topological polar surface area (TPSA) is 67.8 Å². The number of amidine groups is 1. The molecular weight excluding hydrogens is 248 g/mol. The van der Waals surface area contributed by atoms with Gasteiger partial charge in [0.05, 0.1) is 0 Å². The van der Waals surface area contributed by atoms with Crippen LogP contribution < -0.4 is 10.5 Å². The molecular formula is C13H14N2O2S. The molecule has 2 aromatic rings. The Balaban J connectivity index is 2.09. The number of nitrogens with zero attached hydrogens (tertiary/aromatic N) is 1. The van der Waals surface area contributed by atoms with E-state index in [-0.39, 0.29) is 5.84 Å². The first-order valence-corrected chi connectivity index (χ1v) is 6.32. The van der Waals surface area contributed by atoms with Crippen LogP contribution in [0.4, 0.5) is 0 Å². The molecule has 0 amide bonds. The van der Waals surface area contributed by atoms with Crippen LogP contribution in [0.3, 0.4) is 0 Å². The van der Waals surface area contributed by atoms with E-state index < -0.39 is 0 Å². The van der Waals surface area contributed by atoms with Crippen LogP contribution in [0, 0.1) is 6.92 Å². The first kappa shape index (κ1) is 12.4. The molecule has 0 saturated heterocycles. The minimum atomic E-state index is 0.109. The van der Waals surface area contributed by atoms with Crippen LogP contribution in [-0.4, -0.2) is 11.0 Å². The molecule has 0 aliphatic heterocycles. The number of hydrogen-bond acceptors (Lipinski definition) is 4. The molecule has 0 unspecified atom stereocenters. The van der Waals surface area contributed by atoms with E-state index in [1.165, 1.54) is 4.88 Å². The highest BCUT2D eigenvalue weighted by molar-refractivity contribution is 7.09. The zero-order chi connectivity index (χ0) is 13.0. The Hall–Kier alpha value is -2.01. The normalized spacial score (nSPS) is 11.5. The van der Waals surface area contributed by atoms with Gasteiger partial charge in [0.25, 0.3) is 0 Å². The molecule has 1 aromatic carbocycles. The van der Waals surface area contributed by atoms with Crippen molar-refractivity contribution in [3.8, 4) is 5.75 Å². The zero-order valence-corrected chi connectivity index (χ0v) is 10.8. The lowest BCUT2D eigenvalue weighted by atomic mass is 10.1. The van der Waals surface area contributed by atoms with Crippen molar-refractivity contribution in [3.05, 3.63) is 51.7 Å². The Labute approximate surface area is 109 Å². The summed E-state index contributed by atoms with van der Waals surface area (Å²) >= 11 is 1.66. The van der Waals surface area contributed by atoms with Gasteiger partial charge in [-0.2, -0.15) is 0 Å². The molecule has 0 radical (unpaired) electrons. The molecule has 0 saturated carbocycles. The van der Waals surface area contributed by atoms with E-state index in [4.69, 9.17) is 15.7 Å². The van der Waals surface area contributed by atoms with Crippen molar-refractivity contribution in [1.82, 2.24) is 0 Å². The standard InChI is InChI=1S/C13H14N2O2S/c1-9-7-10(4-5-12(9)13(14)15-16)17-8-11-3-2-6-18-11/h2-7,16H,8H2,1H3,(H2,14,15). The third-order valence-corrected chi connectivity index (χ3v) is 3.39. The lowest BCUT2D eigenvalue weighted by Gasteiger charge is -2.08. The van der Waals surface area contributed by atoms with Gasteiger partial charge in [-0.3, -0.25) is 0 Å². The third-order valence-electron chi connectivity index (χ3n) is 2.54. The van der Waals surface area contributed by atoms with Crippen LogP contribution in [-0.2, 0) is 6.61 Å². The molecule has 2 rings (SSSR count). The van der Waals surface area contributed by atoms with Gasteiger partial charge in [-0.15, -0.1) is 11.3 Å². The van der Waals surface area contributed by atoms with E-state index in [0.29, 0.717) is 12.2 Å². The maximum Gasteiger partial charge on any atom is 0.170 e. The lowest BCUT2D eigenvalue weighted by Crippen LogP contribution is -2.14. The second kappa shape index (κ2) is 5.55. The monoisotopic (exact) mass is 262 g/mol. The summed E-state index contributed by atoms with van der Waals surface area (Å²) in [6, 6.07) is 9.50. The SMILES string of the molecule is Cc1cc(OCc2cccs2)ccc1/C(N)=N/O. The Kier molecular flexibility index (Phi) is 3.84. The smallest absolute Gasteiger partial charge is 0.170 e. The Bertz CT molecular complexity index is 550. The second-order valence-electron chi connectivity index (χ2n) is 3.83. The molecule has 3 N–H and O–H groups in total. The molecule has 18 heavy (non-hydrogen) atoms. The minimum absolute atomic E-state index is 0.109. The van der Waals surface area contributed by atoms with E-state index in [1.807, 2.05) is 36.6 Å². The number of rotatable bonds is 4. The van der Waals surface area contributed by atoms with Crippen LogP contribution in [0.15, 0.2) is 40.9 Å². The maximum atomic E-state index is 8.64. The molecule has 4 nitrogen and oxygen atoms in total. The molecule has 0 bridgehead atoms. The van der Waals surface area contributed by atoms with E-state index in [0.717, 1.165) is 11.3 Å². The molecule has 1 heterocycles. The number of benzene rings is 1. The summed E-state index contributed by atoms with van der Waals surface area (Å²) in [5.74, 6) is 0.882. The highest BCUT2D eigenvalue weighted by atomic mass is 32.1. The van der Waals surface area contributed by atoms with Crippen molar-refractivity contribution in [2.45, 2.75) is 13.5 Å². The molecule has 0 spiro atoms. The van der Waals surface area contributed by atoms with Crippen molar-refractivity contribution >= 4 is 17.2 Å². The zero-order valence-electron chi connectivity index (χ0n) is 9.96. The van der Waals surface area contributed by atoms with Gasteiger partial charge in [-0.05, 0) is 42.1 Å². The number of oxime groups is 1. The van der Waals surface area contributed by atoms with E-state index in [9.17, 15) is 0 Å². The molecule has 0 aliphatic rings. The predicted octanol–water partition coefficient (Wildman–Crippen LogP) is 2.73. The largest absolute Gasteiger partial charge is 0.488 e. The molecule has 5 heteroatoms. The summed E-state index contributed by atoms with van der Waals surface area (Å²) in [6.45, 7) is 2.45. The molecule has 0 atom stereocenters. The van der Waals surface area contributed by atoms with Gasteiger partial charge in [0.15, 0.2) is 5.84 Å². The summed E-state index contributed by atoms with van der Waals surface area (Å²) < 4.78 is 5.67. The average molecular weight is 262 g/mol. The summed E-state index contributed by atoms with van der Waals surface area (Å²) in [5.41, 5.74) is 7.18. The fraction of sp³-hybridized carbons (Fsp3) is 0.154. The Morgan fingerprint density at radius 1 is 1.44 bits per heavy atom. The number of thiophene rings is 1. The van der Waals surface area contributed by atoms with Gasteiger partial charge in [0.2, 0.25) is 0 Å². The molecule has 0 fully saturated rings. The number of ether oxygens (including phenoxy) is 1. The molecule has 94 valence electrons. The van der Waals surface area contributed by atoms with Gasteiger partial charge in [-0.25, -0.2) is 0 Å². The average Bonchev–Trinajstić information content (AvgIpc) is 2.88. The van der Waals surface area contributed by atoms with Crippen molar-refractivity contribution < 1.29 is 9.94 Å². The second-order valence-corrected chi connectivity index (χ2v) is 4.86. The Morgan fingerprint density at radius 2 is 2.28 bits per heavy atom. The summed E-state index contributed by atoms with van der Waals surface area (Å²) in [7, 11) is 0. The highest BCUT2D eigenvalue weighted by Gasteiger charge is 2.05. The first-order chi connectivity index (χ1) is 8.70. The molecule has 0 aliphatic carbocycles. The van der Waals surface area contributed by atoms with Crippen LogP contribution in [0.25, 0.3) is 0 Å². The summed E-state index contributed by atoms with van der Waals surface area (Å²) in [4.78, 5) is 1.17. The molecule has 1 aromatic heterocycles. The number of aryl methyl sites for hydroxylation is 1. The van der Waals surface area contributed by atoms with Crippen molar-refractivity contribution in [2.24, 2.45) is 10.9 Å². The lowest BCUT2D eigenvalue weighted by molar-refractivity contribution is 0.309. The number of hydrogen-bond donors (Lipinski definition) is 2. The van der Waals surface area contributed by atoms with Crippen LogP contribution >= 0.6 is 11.3 Å². The first-order valence-electron chi connectivity index (χ1n) is 5.44. The fourth-order valence-electron chi connectivity index (χ4n) is 1.62. The fourth-order valence-corrected chi connectivity index (χ4v) is 2.23. The predicted molar refractivity (Wildman–Crippen MR) is 72.3 cm³/mol. The van der Waals surface area contributed by atoms with Gasteiger partial charge in [0, 0.05) is 10.4 Å². The maximum absolute atomic E-state index is 8.64. The van der Waals surface area contributed by atoms with Gasteiger partial charge in [-0.1, -0.05) is 11.2 Å². The van der Waals surface area contributed by atoms with Gasteiger partial charge >= 0.3 is 0 Å². The minimum Gasteiger partial charge on any atom is -0.488 e. The number of nitrogens with two attached hydrogens (primary N) is 1. The van der Waals surface area contributed by atoms with Crippen molar-refractivity contribution in [2.75, 3.05) is 0 Å². The van der Waals surface area contributed by atoms with Crippen molar-refractivity contribution in [1.29, 1.82) is 0 Å². The Morgan fingerprint density at radius 3 is 2.89 bits per heavy atom. The van der Waals surface area contributed by atoms with Gasteiger partial charge < -0.3 is 15.7 Å². The van der Waals surface area contributed by atoms with Crippen LogP contribution in [0.5, 0.6) is 5.75 Å². The van der Waals surface area contributed by atoms with E-state index >= 15 is 0 Å². The van der Waals surface area contributed by atoms with Gasteiger partial charge in [0.1, 0.15) is 12.4 Å². The van der Waals surface area contributed by atoms with E-state index in [2.05, 4.69) is 5.16 Å². The van der Waals surface area contributed by atoms with Crippen LogP contribution in [0.1, 0.15) is 16.0 Å². The highest BCUT2D eigenvalue weighted by Crippen LogP contribution is 2.19. The van der Waals surface area contributed by atoms with Crippen molar-refractivity contribution in [3.63, 3.8) is 0 Å². The van der Waals surface area contributed by atoms with Crippen LogP contribution in [0.2, 0.25) is 0 Å². The van der Waals surface area contributed by atoms with E-state index in [1.54, 1.807) is 17.4 Å². The summed E-state index contributed by atoms with van der Waals surface area (Å²) in [5, 5.41) is 13.7. The quantitative estimate of drug-likeness (QED) is 0.385.